The highest BCUT2D eigenvalue weighted by Gasteiger charge is 2.29. The molecule has 2 aromatic carbocycles. The van der Waals surface area contributed by atoms with E-state index in [1.165, 1.54) is 24.3 Å². The van der Waals surface area contributed by atoms with Crippen molar-refractivity contribution in [1.29, 1.82) is 0 Å². The number of rotatable bonds is 6. The summed E-state index contributed by atoms with van der Waals surface area (Å²) in [6.07, 6.45) is 4.82. The highest BCUT2D eigenvalue weighted by Crippen LogP contribution is 2.19. The van der Waals surface area contributed by atoms with E-state index in [9.17, 15) is 18.8 Å². The van der Waals surface area contributed by atoms with Crippen LogP contribution in [-0.2, 0) is 9.59 Å². The van der Waals surface area contributed by atoms with Gasteiger partial charge in [0.25, 0.3) is 5.91 Å². The molecule has 2 heterocycles. The summed E-state index contributed by atoms with van der Waals surface area (Å²) >= 11 is 0. The Kier molecular flexibility index (Phi) is 6.77. The second-order valence-corrected chi connectivity index (χ2v) is 7.86. The van der Waals surface area contributed by atoms with Crippen molar-refractivity contribution in [3.8, 4) is 5.69 Å². The molecule has 3 aromatic rings. The van der Waals surface area contributed by atoms with Crippen LogP contribution in [0, 0.1) is 11.7 Å². The summed E-state index contributed by atoms with van der Waals surface area (Å²) in [5.41, 5.74) is 1.86. The van der Waals surface area contributed by atoms with E-state index in [1.807, 2.05) is 24.4 Å². The van der Waals surface area contributed by atoms with Crippen molar-refractivity contribution in [1.82, 2.24) is 20.0 Å². The molecule has 0 spiro atoms. The van der Waals surface area contributed by atoms with Crippen LogP contribution in [0.25, 0.3) is 5.69 Å². The highest BCUT2D eigenvalue weighted by atomic mass is 19.1. The number of piperidine rings is 1. The molecule has 1 saturated heterocycles. The van der Waals surface area contributed by atoms with E-state index >= 15 is 0 Å². The molecule has 9 heteroatoms. The zero-order chi connectivity index (χ0) is 23.2. The lowest BCUT2D eigenvalue weighted by molar-refractivity contribution is -0.128. The van der Waals surface area contributed by atoms with Gasteiger partial charge >= 0.3 is 0 Å². The average molecular weight is 449 g/mol. The molecule has 1 aromatic heterocycles. The molecule has 0 radical (unpaired) electrons. The summed E-state index contributed by atoms with van der Waals surface area (Å²) in [5, 5.41) is 9.56. The third kappa shape index (κ3) is 5.62. The second-order valence-electron chi connectivity index (χ2n) is 7.86. The summed E-state index contributed by atoms with van der Waals surface area (Å²) in [4.78, 5) is 39.1. The molecular weight excluding hydrogens is 425 g/mol. The highest BCUT2D eigenvalue weighted by molar-refractivity contribution is 5.96. The Morgan fingerprint density at radius 2 is 1.82 bits per heavy atom. The number of carbonyl (C=O) groups excluding carboxylic acids is 3. The van der Waals surface area contributed by atoms with Gasteiger partial charge in [0.05, 0.1) is 18.2 Å². The smallest absolute Gasteiger partial charge is 0.253 e. The Morgan fingerprint density at radius 3 is 2.52 bits per heavy atom. The van der Waals surface area contributed by atoms with Gasteiger partial charge in [-0.25, -0.2) is 9.07 Å². The number of nitrogens with one attached hydrogen (secondary N) is 2. The normalized spacial score (nSPS) is 15.7. The summed E-state index contributed by atoms with van der Waals surface area (Å²) in [6.45, 7) is 0.635. The maximum absolute atomic E-state index is 13.1. The Balaban J connectivity index is 1.26. The molecule has 1 aliphatic rings. The molecule has 0 bridgehead atoms. The van der Waals surface area contributed by atoms with Crippen LogP contribution >= 0.6 is 0 Å². The molecule has 1 unspecified atom stereocenters. The van der Waals surface area contributed by atoms with Gasteiger partial charge < -0.3 is 15.5 Å². The molecule has 33 heavy (non-hydrogen) atoms. The zero-order valence-electron chi connectivity index (χ0n) is 17.9. The Labute approximate surface area is 190 Å². The first-order valence-electron chi connectivity index (χ1n) is 10.7. The summed E-state index contributed by atoms with van der Waals surface area (Å²) in [5.74, 6) is -1.65. The van der Waals surface area contributed by atoms with E-state index in [0.29, 0.717) is 30.6 Å². The van der Waals surface area contributed by atoms with Gasteiger partial charge in [-0.3, -0.25) is 14.4 Å². The van der Waals surface area contributed by atoms with Crippen LogP contribution in [0.15, 0.2) is 67.0 Å². The molecule has 1 fully saturated rings. The van der Waals surface area contributed by atoms with Crippen LogP contribution in [0.1, 0.15) is 23.2 Å². The molecule has 0 aliphatic carbocycles. The monoisotopic (exact) mass is 449 g/mol. The van der Waals surface area contributed by atoms with Crippen molar-refractivity contribution in [2.45, 2.75) is 12.8 Å². The minimum Gasteiger partial charge on any atom is -0.347 e. The molecule has 3 amide bonds. The number of hydrogen-bond acceptors (Lipinski definition) is 4. The molecular formula is C24H24FN5O3. The predicted molar refractivity (Wildman–Crippen MR) is 120 cm³/mol. The van der Waals surface area contributed by atoms with E-state index in [-0.39, 0.29) is 30.8 Å². The lowest BCUT2D eigenvalue weighted by atomic mass is 9.96. The predicted octanol–water partition coefficient (Wildman–Crippen LogP) is 2.62. The summed E-state index contributed by atoms with van der Waals surface area (Å²) in [7, 11) is 0. The molecule has 170 valence electrons. The van der Waals surface area contributed by atoms with E-state index < -0.39 is 11.7 Å². The van der Waals surface area contributed by atoms with Gasteiger partial charge in [-0.1, -0.05) is 0 Å². The molecule has 1 aliphatic heterocycles. The van der Waals surface area contributed by atoms with Gasteiger partial charge in [-0.15, -0.1) is 0 Å². The van der Waals surface area contributed by atoms with Crippen molar-refractivity contribution >= 4 is 23.4 Å². The molecule has 4 rings (SSSR count). The maximum atomic E-state index is 13.1. The number of amides is 3. The number of nitrogens with zero attached hydrogens (tertiary/aromatic N) is 3. The van der Waals surface area contributed by atoms with Crippen molar-refractivity contribution in [2.75, 3.05) is 25.0 Å². The first kappa shape index (κ1) is 22.2. The number of likely N-dealkylation sites (tertiary alicyclic amines) is 1. The van der Waals surface area contributed by atoms with E-state index in [1.54, 1.807) is 27.9 Å². The second kappa shape index (κ2) is 10.1. The topological polar surface area (TPSA) is 96.3 Å². The SMILES string of the molecule is O=C(CNC(=O)C1CCCN(C(=O)c2ccc(F)cc2)C1)Nc1ccc(-n2cccn2)cc1. The van der Waals surface area contributed by atoms with Gasteiger partial charge in [0.15, 0.2) is 0 Å². The molecule has 1 atom stereocenters. The number of aromatic nitrogens is 2. The minimum absolute atomic E-state index is 0.165. The Hall–Kier alpha value is -4.01. The lowest BCUT2D eigenvalue weighted by Crippen LogP contribution is -2.46. The van der Waals surface area contributed by atoms with E-state index in [0.717, 1.165) is 5.69 Å². The first-order valence-corrected chi connectivity index (χ1v) is 10.7. The Bertz CT molecular complexity index is 1110. The zero-order valence-corrected chi connectivity index (χ0v) is 17.9. The van der Waals surface area contributed by atoms with Gasteiger partial charge in [0.1, 0.15) is 5.82 Å². The fourth-order valence-corrected chi connectivity index (χ4v) is 3.79. The average Bonchev–Trinajstić information content (AvgIpc) is 3.38. The minimum atomic E-state index is -0.408. The van der Waals surface area contributed by atoms with Crippen LogP contribution < -0.4 is 10.6 Å². The summed E-state index contributed by atoms with van der Waals surface area (Å²) < 4.78 is 14.8. The van der Waals surface area contributed by atoms with Gasteiger partial charge in [-0.2, -0.15) is 5.10 Å². The van der Waals surface area contributed by atoms with Crippen LogP contribution in [0.4, 0.5) is 10.1 Å². The van der Waals surface area contributed by atoms with Crippen molar-refractivity contribution in [2.24, 2.45) is 5.92 Å². The van der Waals surface area contributed by atoms with Crippen molar-refractivity contribution < 1.29 is 18.8 Å². The van der Waals surface area contributed by atoms with Gasteiger partial charge in [0, 0.05) is 36.7 Å². The number of hydrogen-bond donors (Lipinski definition) is 2. The van der Waals surface area contributed by atoms with E-state index in [2.05, 4.69) is 15.7 Å². The standard InChI is InChI=1S/C24H24FN5O3/c25-19-6-4-17(5-7-19)24(33)29-13-1-3-18(16-29)23(32)26-15-22(31)28-20-8-10-21(11-9-20)30-14-2-12-27-30/h2,4-12,14,18H,1,3,13,15-16H2,(H,26,32)(H,28,31). The summed E-state index contributed by atoms with van der Waals surface area (Å²) in [6, 6.07) is 14.4. The number of benzene rings is 2. The van der Waals surface area contributed by atoms with Gasteiger partial charge in [-0.05, 0) is 67.4 Å². The van der Waals surface area contributed by atoms with Crippen LogP contribution in [-0.4, -0.2) is 52.0 Å². The largest absolute Gasteiger partial charge is 0.347 e. The number of carbonyl (C=O) groups is 3. The van der Waals surface area contributed by atoms with Crippen LogP contribution in [0.3, 0.4) is 0 Å². The molecule has 2 N–H and O–H groups in total. The fourth-order valence-electron chi connectivity index (χ4n) is 3.79. The number of halogens is 1. The lowest BCUT2D eigenvalue weighted by Gasteiger charge is -2.32. The molecule has 8 nitrogen and oxygen atoms in total. The Morgan fingerprint density at radius 1 is 1.06 bits per heavy atom. The van der Waals surface area contributed by atoms with Crippen LogP contribution in [0.2, 0.25) is 0 Å². The van der Waals surface area contributed by atoms with Crippen LogP contribution in [0.5, 0.6) is 0 Å². The first-order chi connectivity index (χ1) is 16.0. The third-order valence-electron chi connectivity index (χ3n) is 5.51. The third-order valence-corrected chi connectivity index (χ3v) is 5.51. The number of anilines is 1. The van der Waals surface area contributed by atoms with Crippen molar-refractivity contribution in [3.05, 3.63) is 78.4 Å². The quantitative estimate of drug-likeness (QED) is 0.605. The van der Waals surface area contributed by atoms with Crippen molar-refractivity contribution in [3.63, 3.8) is 0 Å². The van der Waals surface area contributed by atoms with Gasteiger partial charge in [0.2, 0.25) is 11.8 Å². The molecule has 0 saturated carbocycles. The fraction of sp³-hybridized carbons (Fsp3) is 0.250. The van der Waals surface area contributed by atoms with E-state index in [4.69, 9.17) is 0 Å². The maximum Gasteiger partial charge on any atom is 0.253 e.